The first-order valence-corrected chi connectivity index (χ1v) is 7.42. The van der Waals surface area contributed by atoms with Crippen LogP contribution in [0.2, 0.25) is 0 Å². The van der Waals surface area contributed by atoms with Gasteiger partial charge in [-0.3, -0.25) is 9.38 Å². The highest BCUT2D eigenvalue weighted by Crippen LogP contribution is 2.26. The molecule has 1 N–H and O–H groups in total. The molecule has 6 nitrogen and oxygen atoms in total. The van der Waals surface area contributed by atoms with Gasteiger partial charge in [-0.25, -0.2) is 0 Å². The van der Waals surface area contributed by atoms with Crippen LogP contribution < -0.4 is 15.0 Å². The number of nitrogens with one attached hydrogen (secondary N) is 1. The Labute approximate surface area is 127 Å². The molecular weight excluding hydrogens is 286 g/mol. The van der Waals surface area contributed by atoms with Crippen molar-refractivity contribution in [3.63, 3.8) is 0 Å². The number of aromatic nitrogens is 3. The fraction of sp³-hybridized carbons (Fsp3) is 0.286. The van der Waals surface area contributed by atoms with E-state index in [1.165, 1.54) is 0 Å². The maximum Gasteiger partial charge on any atom is 0.238 e. The number of pyridine rings is 1. The molecule has 0 aliphatic carbocycles. The number of methoxy groups -OCH3 is 1. The van der Waals surface area contributed by atoms with Crippen LogP contribution in [0.5, 0.6) is 5.88 Å². The van der Waals surface area contributed by atoms with E-state index in [1.54, 1.807) is 24.6 Å². The largest absolute Gasteiger partial charge is 0.480 e. The molecule has 21 heavy (non-hydrogen) atoms. The minimum absolute atomic E-state index is 0.619. The number of fused-ring (bicyclic) bond motifs is 1. The maximum atomic E-state index is 5.36. The molecule has 0 spiro atoms. The van der Waals surface area contributed by atoms with E-state index in [1.807, 2.05) is 42.3 Å². The zero-order chi connectivity index (χ0) is 14.8. The summed E-state index contributed by atoms with van der Waals surface area (Å²) >= 11 is 1.59. The van der Waals surface area contributed by atoms with Crippen molar-refractivity contribution in [1.82, 2.24) is 14.4 Å². The van der Waals surface area contributed by atoms with E-state index in [9.17, 15) is 0 Å². The molecule has 0 aliphatic heterocycles. The summed E-state index contributed by atoms with van der Waals surface area (Å²) in [6, 6.07) is 1.98. The highest BCUT2D eigenvalue weighted by Gasteiger charge is 2.14. The Kier molecular flexibility index (Phi) is 3.66. The summed E-state index contributed by atoms with van der Waals surface area (Å²) in [4.78, 5) is 11.6. The number of hydrogen-bond acceptors (Lipinski definition) is 6. The number of nitrogens with zero attached hydrogens (tertiary/aromatic N) is 4. The number of rotatable bonds is 5. The standard InChI is InChI=1S/C14H17N5OS/c1-18(2)11-4-5-15-8-10(11)16-9-12-13(20-3)17-14-19(12)6-7-21-14/h4-8,16H,9H2,1-3H3. The Morgan fingerprint density at radius 1 is 1.43 bits per heavy atom. The average molecular weight is 303 g/mol. The van der Waals surface area contributed by atoms with Crippen molar-refractivity contribution >= 4 is 27.7 Å². The predicted molar refractivity (Wildman–Crippen MR) is 85.5 cm³/mol. The van der Waals surface area contributed by atoms with Gasteiger partial charge >= 0.3 is 0 Å². The fourth-order valence-electron chi connectivity index (χ4n) is 2.23. The Morgan fingerprint density at radius 2 is 2.29 bits per heavy atom. The normalized spacial score (nSPS) is 10.8. The molecule has 0 fully saturated rings. The number of thiazole rings is 1. The molecule has 0 aliphatic rings. The van der Waals surface area contributed by atoms with Crippen LogP contribution in [-0.4, -0.2) is 35.6 Å². The van der Waals surface area contributed by atoms with Gasteiger partial charge in [0.25, 0.3) is 0 Å². The van der Waals surface area contributed by atoms with Crippen molar-refractivity contribution in [2.45, 2.75) is 6.54 Å². The molecule has 0 radical (unpaired) electrons. The monoisotopic (exact) mass is 303 g/mol. The Morgan fingerprint density at radius 3 is 3.05 bits per heavy atom. The molecule has 0 aromatic carbocycles. The minimum atomic E-state index is 0.619. The number of ether oxygens (including phenoxy) is 1. The fourth-order valence-corrected chi connectivity index (χ4v) is 2.95. The molecule has 0 unspecified atom stereocenters. The lowest BCUT2D eigenvalue weighted by molar-refractivity contribution is 0.395. The Hall–Kier alpha value is -2.28. The molecule has 0 amide bonds. The summed E-state index contributed by atoms with van der Waals surface area (Å²) < 4.78 is 7.41. The lowest BCUT2D eigenvalue weighted by Gasteiger charge is -2.17. The zero-order valence-corrected chi connectivity index (χ0v) is 13.0. The van der Waals surface area contributed by atoms with E-state index < -0.39 is 0 Å². The second-order valence-corrected chi connectivity index (χ2v) is 5.64. The van der Waals surface area contributed by atoms with Crippen LogP contribution >= 0.6 is 11.3 Å². The van der Waals surface area contributed by atoms with E-state index in [2.05, 4.69) is 20.2 Å². The van der Waals surface area contributed by atoms with E-state index in [0.29, 0.717) is 12.4 Å². The summed E-state index contributed by atoms with van der Waals surface area (Å²) in [7, 11) is 5.67. The highest BCUT2D eigenvalue weighted by atomic mass is 32.1. The first-order chi connectivity index (χ1) is 10.2. The third-order valence-corrected chi connectivity index (χ3v) is 4.00. The quantitative estimate of drug-likeness (QED) is 0.785. The van der Waals surface area contributed by atoms with Gasteiger partial charge in [-0.1, -0.05) is 0 Å². The molecule has 0 saturated heterocycles. The van der Waals surface area contributed by atoms with Crippen LogP contribution in [-0.2, 0) is 6.54 Å². The van der Waals surface area contributed by atoms with Gasteiger partial charge in [0, 0.05) is 31.9 Å². The molecule has 3 rings (SSSR count). The highest BCUT2D eigenvalue weighted by molar-refractivity contribution is 7.15. The van der Waals surface area contributed by atoms with Crippen LogP contribution in [0.4, 0.5) is 11.4 Å². The number of anilines is 2. The van der Waals surface area contributed by atoms with Gasteiger partial charge in [-0.05, 0) is 6.07 Å². The molecule has 0 atom stereocenters. The third-order valence-electron chi connectivity index (χ3n) is 3.24. The molecule has 3 heterocycles. The van der Waals surface area contributed by atoms with Gasteiger partial charge in [-0.15, -0.1) is 11.3 Å². The summed E-state index contributed by atoms with van der Waals surface area (Å²) in [5.74, 6) is 0.657. The molecule has 0 saturated carbocycles. The minimum Gasteiger partial charge on any atom is -0.480 e. The predicted octanol–water partition coefficient (Wildman–Crippen LogP) is 2.48. The first kappa shape index (κ1) is 13.7. The Bertz CT molecular complexity index is 749. The molecule has 7 heteroatoms. The van der Waals surface area contributed by atoms with Crippen LogP contribution in [0.15, 0.2) is 30.0 Å². The van der Waals surface area contributed by atoms with E-state index in [-0.39, 0.29) is 0 Å². The van der Waals surface area contributed by atoms with Gasteiger partial charge in [0.1, 0.15) is 5.69 Å². The van der Waals surface area contributed by atoms with Crippen molar-refractivity contribution in [2.75, 3.05) is 31.4 Å². The summed E-state index contributed by atoms with van der Waals surface area (Å²) in [5, 5.41) is 5.43. The van der Waals surface area contributed by atoms with Crippen LogP contribution in [0.25, 0.3) is 4.96 Å². The van der Waals surface area contributed by atoms with E-state index >= 15 is 0 Å². The smallest absolute Gasteiger partial charge is 0.238 e. The SMILES string of the molecule is COc1nc2sccn2c1CNc1cnccc1N(C)C. The van der Waals surface area contributed by atoms with E-state index in [4.69, 9.17) is 4.74 Å². The van der Waals surface area contributed by atoms with Gasteiger partial charge < -0.3 is 15.0 Å². The zero-order valence-electron chi connectivity index (χ0n) is 12.2. The molecule has 3 aromatic rings. The maximum absolute atomic E-state index is 5.36. The third kappa shape index (κ3) is 2.52. The lowest BCUT2D eigenvalue weighted by atomic mass is 10.3. The summed E-state index contributed by atoms with van der Waals surface area (Å²) in [6.07, 6.45) is 5.62. The Balaban J connectivity index is 1.88. The van der Waals surface area contributed by atoms with Crippen LogP contribution in [0.3, 0.4) is 0 Å². The number of imidazole rings is 1. The summed E-state index contributed by atoms with van der Waals surface area (Å²) in [6.45, 7) is 0.619. The van der Waals surface area contributed by atoms with Crippen LogP contribution in [0.1, 0.15) is 5.69 Å². The molecular formula is C14H17N5OS. The van der Waals surface area contributed by atoms with Crippen molar-refractivity contribution in [2.24, 2.45) is 0 Å². The first-order valence-electron chi connectivity index (χ1n) is 6.54. The molecule has 110 valence electrons. The molecule has 0 bridgehead atoms. The number of hydrogen-bond donors (Lipinski definition) is 1. The van der Waals surface area contributed by atoms with Crippen molar-refractivity contribution in [3.05, 3.63) is 35.7 Å². The molecule has 3 aromatic heterocycles. The second-order valence-electron chi connectivity index (χ2n) is 4.76. The second kappa shape index (κ2) is 5.61. The van der Waals surface area contributed by atoms with Gasteiger partial charge in [0.05, 0.1) is 31.2 Å². The van der Waals surface area contributed by atoms with Gasteiger partial charge in [-0.2, -0.15) is 4.98 Å². The van der Waals surface area contributed by atoms with E-state index in [0.717, 1.165) is 22.0 Å². The van der Waals surface area contributed by atoms with Crippen LogP contribution in [0, 0.1) is 0 Å². The van der Waals surface area contributed by atoms with Crippen molar-refractivity contribution < 1.29 is 4.74 Å². The topological polar surface area (TPSA) is 54.7 Å². The average Bonchev–Trinajstić information content (AvgIpc) is 3.06. The van der Waals surface area contributed by atoms with Gasteiger partial charge in [0.2, 0.25) is 5.88 Å². The lowest BCUT2D eigenvalue weighted by Crippen LogP contribution is -2.13. The van der Waals surface area contributed by atoms with Gasteiger partial charge in [0.15, 0.2) is 4.96 Å². The van der Waals surface area contributed by atoms with Crippen molar-refractivity contribution in [3.8, 4) is 5.88 Å². The summed E-state index contributed by atoms with van der Waals surface area (Å²) in [5.41, 5.74) is 3.08. The van der Waals surface area contributed by atoms with Crippen molar-refractivity contribution in [1.29, 1.82) is 0 Å².